The van der Waals surface area contributed by atoms with E-state index in [0.717, 1.165) is 69.7 Å². The maximum Gasteiger partial charge on any atom is 0.257 e. The summed E-state index contributed by atoms with van der Waals surface area (Å²) in [5.41, 5.74) is 1.98. The van der Waals surface area contributed by atoms with Gasteiger partial charge in [-0.3, -0.25) is 9.59 Å². The molecule has 2 aliphatic rings. The van der Waals surface area contributed by atoms with Crippen molar-refractivity contribution < 1.29 is 18.8 Å². The summed E-state index contributed by atoms with van der Waals surface area (Å²) in [6, 6.07) is 15.2. The number of hydrogen-bond acceptors (Lipinski definition) is 5. The largest absolute Gasteiger partial charge is 0.487 e. The number of benzene rings is 2. The number of ether oxygens (including phenoxy) is 1. The van der Waals surface area contributed by atoms with E-state index in [4.69, 9.17) is 9.26 Å². The third kappa shape index (κ3) is 5.81. The molecule has 2 aromatic carbocycles. The van der Waals surface area contributed by atoms with Crippen molar-refractivity contribution in [2.24, 2.45) is 0 Å². The highest BCUT2D eigenvalue weighted by molar-refractivity contribution is 5.96. The summed E-state index contributed by atoms with van der Waals surface area (Å²) < 4.78 is 12.1. The number of nitrogens with zero attached hydrogens (tertiary/aromatic N) is 3. The van der Waals surface area contributed by atoms with Crippen LogP contribution in [-0.2, 0) is 11.2 Å². The Kier molecular flexibility index (Phi) is 8.07. The SMILES string of the molecule is CN1CCCCCCCN(C(=O)Cc2noc3ccccc23)[C@@H]2CCCC[C@@H]2Oc2ccccc2C1=O. The van der Waals surface area contributed by atoms with Crippen LogP contribution in [0.25, 0.3) is 11.0 Å². The van der Waals surface area contributed by atoms with Gasteiger partial charge in [0.25, 0.3) is 5.91 Å². The van der Waals surface area contributed by atoms with E-state index >= 15 is 0 Å². The second-order valence-electron chi connectivity index (χ2n) is 10.4. The minimum Gasteiger partial charge on any atom is -0.487 e. The molecular weight excluding hydrogens is 466 g/mol. The first-order valence-corrected chi connectivity index (χ1v) is 13.8. The molecular formula is C30H37N3O4. The molecule has 7 heteroatoms. The lowest BCUT2D eigenvalue weighted by atomic mass is 9.90. The van der Waals surface area contributed by atoms with E-state index < -0.39 is 0 Å². The van der Waals surface area contributed by atoms with Crippen LogP contribution in [0.4, 0.5) is 0 Å². The Morgan fingerprint density at radius 1 is 0.919 bits per heavy atom. The zero-order chi connectivity index (χ0) is 25.6. The van der Waals surface area contributed by atoms with Gasteiger partial charge in [-0.2, -0.15) is 0 Å². The van der Waals surface area contributed by atoms with Gasteiger partial charge in [-0.05, 0) is 56.4 Å². The molecule has 0 saturated heterocycles. The van der Waals surface area contributed by atoms with Crippen molar-refractivity contribution in [1.29, 1.82) is 0 Å². The average molecular weight is 504 g/mol. The third-order valence-electron chi connectivity index (χ3n) is 7.79. The zero-order valence-corrected chi connectivity index (χ0v) is 21.7. The van der Waals surface area contributed by atoms with Crippen molar-refractivity contribution in [3.63, 3.8) is 0 Å². The fourth-order valence-electron chi connectivity index (χ4n) is 5.73. The highest BCUT2D eigenvalue weighted by atomic mass is 16.5. The first-order chi connectivity index (χ1) is 18.1. The monoisotopic (exact) mass is 503 g/mol. The summed E-state index contributed by atoms with van der Waals surface area (Å²) in [4.78, 5) is 30.9. The smallest absolute Gasteiger partial charge is 0.257 e. The molecule has 7 nitrogen and oxygen atoms in total. The number of para-hydroxylation sites is 2. The molecule has 0 bridgehead atoms. The Balaban J connectivity index is 1.43. The van der Waals surface area contributed by atoms with Crippen LogP contribution in [0.3, 0.4) is 0 Å². The molecule has 0 unspecified atom stereocenters. The van der Waals surface area contributed by atoms with Crippen LogP contribution < -0.4 is 4.74 Å². The van der Waals surface area contributed by atoms with Gasteiger partial charge in [0.1, 0.15) is 17.5 Å². The summed E-state index contributed by atoms with van der Waals surface area (Å²) in [6.45, 7) is 1.44. The molecule has 2 amide bonds. The molecule has 2 atom stereocenters. The quantitative estimate of drug-likeness (QED) is 0.453. The average Bonchev–Trinajstić information content (AvgIpc) is 3.32. The van der Waals surface area contributed by atoms with Gasteiger partial charge in [0.15, 0.2) is 5.58 Å². The Morgan fingerprint density at radius 2 is 1.65 bits per heavy atom. The third-order valence-corrected chi connectivity index (χ3v) is 7.79. The maximum atomic E-state index is 13.8. The lowest BCUT2D eigenvalue weighted by molar-refractivity contribution is -0.136. The summed E-state index contributed by atoms with van der Waals surface area (Å²) in [7, 11) is 1.87. The minimum atomic E-state index is -0.156. The molecule has 0 radical (unpaired) electrons. The van der Waals surface area contributed by atoms with Gasteiger partial charge in [-0.25, -0.2) is 0 Å². The Labute approximate surface area is 218 Å². The van der Waals surface area contributed by atoms with Crippen molar-refractivity contribution in [3.05, 3.63) is 59.8 Å². The summed E-state index contributed by atoms with van der Waals surface area (Å²) in [6.07, 6.45) is 9.07. The number of hydrogen-bond donors (Lipinski definition) is 0. The first kappa shape index (κ1) is 25.3. The molecule has 0 N–H and O–H groups in total. The molecule has 1 fully saturated rings. The van der Waals surface area contributed by atoms with Gasteiger partial charge in [-0.1, -0.05) is 55.1 Å². The lowest BCUT2D eigenvalue weighted by Crippen LogP contribution is -2.51. The van der Waals surface area contributed by atoms with E-state index in [1.54, 1.807) is 4.90 Å². The molecule has 196 valence electrons. The highest BCUT2D eigenvalue weighted by Gasteiger charge is 2.35. The van der Waals surface area contributed by atoms with Crippen molar-refractivity contribution in [1.82, 2.24) is 15.0 Å². The Hall–Kier alpha value is -3.35. The van der Waals surface area contributed by atoms with Crippen LogP contribution in [0, 0.1) is 0 Å². The Morgan fingerprint density at radius 3 is 2.54 bits per heavy atom. The van der Waals surface area contributed by atoms with Crippen LogP contribution in [0.2, 0.25) is 0 Å². The van der Waals surface area contributed by atoms with Gasteiger partial charge in [0.2, 0.25) is 5.91 Å². The molecule has 1 aliphatic carbocycles. The number of carbonyl (C=O) groups is 2. The number of amides is 2. The van der Waals surface area contributed by atoms with Crippen molar-refractivity contribution in [2.45, 2.75) is 76.4 Å². The number of aromatic nitrogens is 1. The highest BCUT2D eigenvalue weighted by Crippen LogP contribution is 2.31. The predicted octanol–water partition coefficient (Wildman–Crippen LogP) is 5.63. The molecule has 0 spiro atoms. The van der Waals surface area contributed by atoms with Crippen LogP contribution in [-0.4, -0.2) is 59.1 Å². The molecule has 37 heavy (non-hydrogen) atoms. The second-order valence-corrected chi connectivity index (χ2v) is 10.4. The Bertz CT molecular complexity index is 1220. The summed E-state index contributed by atoms with van der Waals surface area (Å²) in [5, 5.41) is 5.11. The number of fused-ring (bicyclic) bond motifs is 3. The van der Waals surface area contributed by atoms with Crippen LogP contribution in [0.15, 0.2) is 53.1 Å². The standard InChI is InChI=1S/C30H37N3O4/c1-32-19-11-3-2-4-12-20-33(29(34)21-24-22-13-5-9-17-27(22)37-31-24)25-15-7-10-18-28(25)36-26-16-8-6-14-23(26)30(32)35/h5-6,8-9,13-14,16-17,25,28H,2-4,7,10-12,15,18-21H2,1H3/t25-,28+/m1/s1. The normalized spacial score (nSPS) is 21.9. The van der Waals surface area contributed by atoms with E-state index in [1.165, 1.54) is 0 Å². The van der Waals surface area contributed by atoms with Crippen LogP contribution in [0.5, 0.6) is 5.75 Å². The number of rotatable bonds is 2. The van der Waals surface area contributed by atoms with E-state index in [9.17, 15) is 9.59 Å². The fourth-order valence-corrected chi connectivity index (χ4v) is 5.73. The van der Waals surface area contributed by atoms with E-state index in [2.05, 4.69) is 5.16 Å². The molecule has 1 aromatic heterocycles. The molecule has 5 rings (SSSR count). The lowest BCUT2D eigenvalue weighted by Gasteiger charge is -2.40. The number of carbonyl (C=O) groups excluding carboxylic acids is 2. The van der Waals surface area contributed by atoms with E-state index in [-0.39, 0.29) is 30.4 Å². The van der Waals surface area contributed by atoms with Crippen molar-refractivity contribution in [3.8, 4) is 5.75 Å². The summed E-state index contributed by atoms with van der Waals surface area (Å²) in [5.74, 6) is 0.664. The van der Waals surface area contributed by atoms with Gasteiger partial charge in [0.05, 0.1) is 18.0 Å². The van der Waals surface area contributed by atoms with E-state index in [0.29, 0.717) is 29.1 Å². The minimum absolute atomic E-state index is 0.0105. The van der Waals surface area contributed by atoms with Crippen molar-refractivity contribution in [2.75, 3.05) is 20.1 Å². The molecule has 3 aromatic rings. The fraction of sp³-hybridized carbons (Fsp3) is 0.500. The second kappa shape index (κ2) is 11.8. The molecule has 2 heterocycles. The van der Waals surface area contributed by atoms with Gasteiger partial charge in [0, 0.05) is 25.5 Å². The first-order valence-electron chi connectivity index (χ1n) is 13.8. The van der Waals surface area contributed by atoms with Gasteiger partial charge >= 0.3 is 0 Å². The molecule has 1 aliphatic heterocycles. The van der Waals surface area contributed by atoms with Crippen LogP contribution in [0.1, 0.15) is 73.8 Å². The van der Waals surface area contributed by atoms with Gasteiger partial charge in [-0.15, -0.1) is 0 Å². The predicted molar refractivity (Wildman–Crippen MR) is 143 cm³/mol. The van der Waals surface area contributed by atoms with Crippen LogP contribution >= 0.6 is 0 Å². The molecule has 1 saturated carbocycles. The van der Waals surface area contributed by atoms with Crippen molar-refractivity contribution >= 4 is 22.8 Å². The topological polar surface area (TPSA) is 75.9 Å². The van der Waals surface area contributed by atoms with Gasteiger partial charge < -0.3 is 19.1 Å². The van der Waals surface area contributed by atoms with E-state index in [1.807, 2.05) is 60.5 Å². The maximum absolute atomic E-state index is 13.8. The zero-order valence-electron chi connectivity index (χ0n) is 21.7. The summed E-state index contributed by atoms with van der Waals surface area (Å²) >= 11 is 0.